The van der Waals surface area contributed by atoms with E-state index in [0.717, 1.165) is 25.7 Å². The summed E-state index contributed by atoms with van der Waals surface area (Å²) in [6.45, 7) is 7.68. The zero-order valence-electron chi connectivity index (χ0n) is 17.1. The van der Waals surface area contributed by atoms with Crippen molar-refractivity contribution >= 4 is 22.6 Å². The summed E-state index contributed by atoms with van der Waals surface area (Å²) in [6, 6.07) is 6.82. The normalized spacial score (nSPS) is 11.4. The Kier molecular flexibility index (Phi) is 7.31. The van der Waals surface area contributed by atoms with Crippen LogP contribution in [0.5, 0.6) is 0 Å². The first-order valence-electron chi connectivity index (χ1n) is 9.71. The van der Waals surface area contributed by atoms with Gasteiger partial charge in [0.05, 0.1) is 5.39 Å². The molecule has 7 nitrogen and oxygen atoms in total. The number of fused-ring (bicyclic) bond motifs is 1. The van der Waals surface area contributed by atoms with E-state index in [-0.39, 0.29) is 11.3 Å². The van der Waals surface area contributed by atoms with Gasteiger partial charge in [-0.3, -0.25) is 9.59 Å². The average molecular weight is 387 g/mol. The van der Waals surface area contributed by atoms with Crippen LogP contribution in [0.1, 0.15) is 63.9 Å². The molecule has 0 bridgehead atoms. The predicted molar refractivity (Wildman–Crippen MR) is 108 cm³/mol. The molecule has 1 aromatic heterocycles. The molecule has 0 aliphatic rings. The first-order valence-corrected chi connectivity index (χ1v) is 9.71. The van der Waals surface area contributed by atoms with E-state index in [9.17, 15) is 14.4 Å². The number of unbranched alkanes of at least 4 members (excludes halogenated alkanes) is 3. The second-order valence-corrected chi connectivity index (χ2v) is 7.86. The summed E-state index contributed by atoms with van der Waals surface area (Å²) in [7, 11) is 0. The largest absolute Gasteiger partial charge is 0.451 e. The van der Waals surface area contributed by atoms with Crippen molar-refractivity contribution in [2.24, 2.45) is 0 Å². The van der Waals surface area contributed by atoms with Crippen LogP contribution in [-0.4, -0.2) is 33.8 Å². The number of rotatable bonds is 8. The number of esters is 1. The molecule has 0 radical (unpaired) electrons. The molecule has 0 unspecified atom stereocenters. The van der Waals surface area contributed by atoms with Crippen LogP contribution in [0, 0.1) is 0 Å². The summed E-state index contributed by atoms with van der Waals surface area (Å²) in [5.41, 5.74) is -0.594. The van der Waals surface area contributed by atoms with Crippen LogP contribution in [0.2, 0.25) is 0 Å². The van der Waals surface area contributed by atoms with E-state index in [4.69, 9.17) is 4.74 Å². The highest BCUT2D eigenvalue weighted by Gasteiger charge is 2.20. The number of benzene rings is 1. The zero-order chi connectivity index (χ0) is 20.7. The lowest BCUT2D eigenvalue weighted by Crippen LogP contribution is -2.42. The van der Waals surface area contributed by atoms with Gasteiger partial charge in [0.1, 0.15) is 0 Å². The van der Waals surface area contributed by atoms with Gasteiger partial charge in [0.15, 0.2) is 12.3 Å². The molecule has 152 valence electrons. The average Bonchev–Trinajstić information content (AvgIpc) is 2.63. The van der Waals surface area contributed by atoms with E-state index >= 15 is 0 Å². The van der Waals surface area contributed by atoms with Crippen LogP contribution in [0.25, 0.3) is 10.8 Å². The van der Waals surface area contributed by atoms with Crippen molar-refractivity contribution in [2.75, 3.05) is 6.61 Å². The van der Waals surface area contributed by atoms with E-state index < -0.39 is 24.0 Å². The van der Waals surface area contributed by atoms with Gasteiger partial charge in [-0.25, -0.2) is 9.48 Å². The maximum Gasteiger partial charge on any atom is 0.359 e. The third kappa shape index (κ3) is 5.90. The number of amides is 1. The summed E-state index contributed by atoms with van der Waals surface area (Å²) in [6.07, 6.45) is 3.97. The lowest BCUT2D eigenvalue weighted by molar-refractivity contribution is -0.125. The fourth-order valence-electron chi connectivity index (χ4n) is 2.88. The maximum atomic E-state index is 12.7. The lowest BCUT2D eigenvalue weighted by atomic mass is 10.1. The fourth-order valence-corrected chi connectivity index (χ4v) is 2.88. The van der Waals surface area contributed by atoms with Crippen LogP contribution in [0.4, 0.5) is 0 Å². The summed E-state index contributed by atoms with van der Waals surface area (Å²) >= 11 is 0. The minimum Gasteiger partial charge on any atom is -0.451 e. The molecule has 1 aromatic carbocycles. The highest BCUT2D eigenvalue weighted by molar-refractivity contribution is 6.02. The third-order valence-electron chi connectivity index (χ3n) is 4.13. The van der Waals surface area contributed by atoms with Crippen LogP contribution >= 0.6 is 0 Å². The Morgan fingerprint density at radius 3 is 2.43 bits per heavy atom. The number of carbonyl (C=O) groups excluding carboxylic acids is 2. The standard InChI is InChI=1S/C21H29N3O4/c1-5-6-7-10-13-24-19(26)16-12-9-8-11-15(16)18(23-24)20(27)28-14-17(25)22-21(2,3)4/h8-9,11-12H,5-7,10,13-14H2,1-4H3,(H,22,25). The SMILES string of the molecule is CCCCCCn1nc(C(=O)OCC(=O)NC(C)(C)C)c2ccccc2c1=O. The van der Waals surface area contributed by atoms with Crippen molar-refractivity contribution in [3.63, 3.8) is 0 Å². The Balaban J connectivity index is 2.24. The van der Waals surface area contributed by atoms with Crippen molar-refractivity contribution < 1.29 is 14.3 Å². The molecule has 0 saturated heterocycles. The first kappa shape index (κ1) is 21.6. The van der Waals surface area contributed by atoms with Gasteiger partial charge in [0.25, 0.3) is 11.5 Å². The number of nitrogens with zero attached hydrogens (tertiary/aromatic N) is 2. The predicted octanol–water partition coefficient (Wildman–Crippen LogP) is 3.05. The van der Waals surface area contributed by atoms with Crippen LogP contribution in [0.3, 0.4) is 0 Å². The first-order chi connectivity index (χ1) is 13.2. The highest BCUT2D eigenvalue weighted by Crippen LogP contribution is 2.15. The molecule has 1 N–H and O–H groups in total. The number of aryl methyl sites for hydroxylation is 1. The van der Waals surface area contributed by atoms with E-state index in [1.54, 1.807) is 24.3 Å². The minimum atomic E-state index is -0.720. The van der Waals surface area contributed by atoms with E-state index in [0.29, 0.717) is 17.3 Å². The fraction of sp³-hybridized carbons (Fsp3) is 0.524. The molecule has 7 heteroatoms. The summed E-state index contributed by atoms with van der Waals surface area (Å²) in [5, 5.41) is 7.83. The molecular weight excluding hydrogens is 358 g/mol. The van der Waals surface area contributed by atoms with Gasteiger partial charge < -0.3 is 10.1 Å². The molecule has 0 fully saturated rings. The molecule has 0 spiro atoms. The molecule has 1 amide bonds. The van der Waals surface area contributed by atoms with Gasteiger partial charge in [-0.15, -0.1) is 0 Å². The molecule has 0 saturated carbocycles. The zero-order valence-corrected chi connectivity index (χ0v) is 17.1. The Morgan fingerprint density at radius 2 is 1.79 bits per heavy atom. The van der Waals surface area contributed by atoms with Gasteiger partial charge >= 0.3 is 5.97 Å². The van der Waals surface area contributed by atoms with Crippen molar-refractivity contribution in [1.29, 1.82) is 0 Å². The van der Waals surface area contributed by atoms with Crippen molar-refractivity contribution in [1.82, 2.24) is 15.1 Å². The summed E-state index contributed by atoms with van der Waals surface area (Å²) in [4.78, 5) is 37.2. The van der Waals surface area contributed by atoms with Gasteiger partial charge in [0.2, 0.25) is 0 Å². The monoisotopic (exact) mass is 387 g/mol. The van der Waals surface area contributed by atoms with Crippen LogP contribution in [-0.2, 0) is 16.1 Å². The number of ether oxygens (including phenoxy) is 1. The second kappa shape index (κ2) is 9.48. The lowest BCUT2D eigenvalue weighted by Gasteiger charge is -2.20. The number of carbonyl (C=O) groups is 2. The Bertz CT molecular complexity index is 897. The van der Waals surface area contributed by atoms with Crippen LogP contribution < -0.4 is 10.9 Å². The number of aromatic nitrogens is 2. The van der Waals surface area contributed by atoms with E-state index in [1.165, 1.54) is 4.68 Å². The Morgan fingerprint density at radius 1 is 1.11 bits per heavy atom. The number of nitrogens with one attached hydrogen (secondary N) is 1. The van der Waals surface area contributed by atoms with Crippen molar-refractivity contribution in [3.05, 3.63) is 40.3 Å². The summed E-state index contributed by atoms with van der Waals surface area (Å²) < 4.78 is 6.48. The molecule has 1 heterocycles. The number of hydrogen-bond donors (Lipinski definition) is 1. The topological polar surface area (TPSA) is 90.3 Å². The van der Waals surface area contributed by atoms with Crippen LogP contribution in [0.15, 0.2) is 29.1 Å². The third-order valence-corrected chi connectivity index (χ3v) is 4.13. The van der Waals surface area contributed by atoms with Crippen molar-refractivity contribution in [3.8, 4) is 0 Å². The summed E-state index contributed by atoms with van der Waals surface area (Å²) in [5.74, 6) is -1.11. The van der Waals surface area contributed by atoms with Gasteiger partial charge in [0, 0.05) is 17.5 Å². The maximum absolute atomic E-state index is 12.7. The smallest absolute Gasteiger partial charge is 0.359 e. The number of hydrogen-bond acceptors (Lipinski definition) is 5. The molecule has 2 aromatic rings. The van der Waals surface area contributed by atoms with Gasteiger partial charge in [-0.2, -0.15) is 5.10 Å². The molecule has 28 heavy (non-hydrogen) atoms. The molecule has 0 aliphatic heterocycles. The molecule has 2 rings (SSSR count). The quantitative estimate of drug-likeness (QED) is 0.555. The van der Waals surface area contributed by atoms with Crippen molar-refractivity contribution in [2.45, 2.75) is 65.5 Å². The molecule has 0 aliphatic carbocycles. The molecular formula is C21H29N3O4. The van der Waals surface area contributed by atoms with E-state index in [1.807, 2.05) is 20.8 Å². The van der Waals surface area contributed by atoms with E-state index in [2.05, 4.69) is 17.3 Å². The second-order valence-electron chi connectivity index (χ2n) is 7.86. The Labute approximate surface area is 165 Å². The van der Waals surface area contributed by atoms with Gasteiger partial charge in [-0.1, -0.05) is 44.4 Å². The minimum absolute atomic E-state index is 0.0502. The van der Waals surface area contributed by atoms with Gasteiger partial charge in [-0.05, 0) is 33.3 Å². The Hall–Kier alpha value is -2.70. The molecule has 0 atom stereocenters. The highest BCUT2D eigenvalue weighted by atomic mass is 16.5.